The van der Waals surface area contributed by atoms with E-state index in [1.807, 2.05) is 6.20 Å². The standard InChI is InChI=1S/C25H24N2/c1-17-10-8-9-13-22(17)25-26-16-23(27(25)4)24-18(2)14-21(15-19(24)3)20-11-6-5-7-12-20/h5-16H,1-4H3. The van der Waals surface area contributed by atoms with Crippen LogP contribution >= 0.6 is 0 Å². The van der Waals surface area contributed by atoms with E-state index in [0.717, 1.165) is 11.5 Å². The average molecular weight is 352 g/mol. The van der Waals surface area contributed by atoms with Crippen LogP contribution < -0.4 is 0 Å². The van der Waals surface area contributed by atoms with Gasteiger partial charge in [-0.3, -0.25) is 0 Å². The fourth-order valence-electron chi connectivity index (χ4n) is 3.88. The molecule has 2 heteroatoms. The van der Waals surface area contributed by atoms with Gasteiger partial charge in [0.25, 0.3) is 0 Å². The molecule has 134 valence electrons. The van der Waals surface area contributed by atoms with E-state index in [1.165, 1.54) is 38.9 Å². The number of benzene rings is 3. The Kier molecular flexibility index (Phi) is 4.41. The quantitative estimate of drug-likeness (QED) is 0.420. The van der Waals surface area contributed by atoms with Crippen LogP contribution in [0.5, 0.6) is 0 Å². The lowest BCUT2D eigenvalue weighted by Gasteiger charge is -2.15. The Labute approximate surface area is 161 Å². The summed E-state index contributed by atoms with van der Waals surface area (Å²) in [6.07, 6.45) is 2.00. The molecular weight excluding hydrogens is 328 g/mol. The van der Waals surface area contributed by atoms with Crippen LogP contribution in [0.25, 0.3) is 33.8 Å². The number of imidazole rings is 1. The Morgan fingerprint density at radius 1 is 0.704 bits per heavy atom. The van der Waals surface area contributed by atoms with Crippen molar-refractivity contribution in [1.82, 2.24) is 9.55 Å². The van der Waals surface area contributed by atoms with Crippen molar-refractivity contribution >= 4 is 0 Å². The van der Waals surface area contributed by atoms with Gasteiger partial charge in [0.05, 0.1) is 11.9 Å². The van der Waals surface area contributed by atoms with E-state index in [-0.39, 0.29) is 0 Å². The minimum atomic E-state index is 1.01. The summed E-state index contributed by atoms with van der Waals surface area (Å²) >= 11 is 0. The maximum absolute atomic E-state index is 4.75. The predicted octanol–water partition coefficient (Wildman–Crippen LogP) is 6.35. The molecule has 4 aromatic rings. The van der Waals surface area contributed by atoms with E-state index in [9.17, 15) is 0 Å². The maximum Gasteiger partial charge on any atom is 0.140 e. The van der Waals surface area contributed by atoms with Crippen molar-refractivity contribution in [1.29, 1.82) is 0 Å². The molecule has 0 aliphatic carbocycles. The summed E-state index contributed by atoms with van der Waals surface area (Å²) in [4.78, 5) is 4.75. The summed E-state index contributed by atoms with van der Waals surface area (Å²) in [5.41, 5.74) is 9.90. The monoisotopic (exact) mass is 352 g/mol. The molecule has 3 aromatic carbocycles. The van der Waals surface area contributed by atoms with Crippen LogP contribution in [-0.4, -0.2) is 9.55 Å². The van der Waals surface area contributed by atoms with Gasteiger partial charge in [-0.05, 0) is 48.6 Å². The van der Waals surface area contributed by atoms with Crippen LogP contribution in [-0.2, 0) is 7.05 Å². The average Bonchev–Trinajstić information content (AvgIpc) is 3.03. The minimum absolute atomic E-state index is 1.01. The van der Waals surface area contributed by atoms with Gasteiger partial charge in [-0.15, -0.1) is 0 Å². The molecule has 1 heterocycles. The van der Waals surface area contributed by atoms with Crippen molar-refractivity contribution in [3.05, 3.63) is 89.6 Å². The molecule has 0 aliphatic rings. The molecule has 0 fully saturated rings. The summed E-state index contributed by atoms with van der Waals surface area (Å²) in [6.45, 7) is 6.51. The predicted molar refractivity (Wildman–Crippen MR) is 114 cm³/mol. The second-order valence-electron chi connectivity index (χ2n) is 7.19. The fourth-order valence-corrected chi connectivity index (χ4v) is 3.88. The molecule has 0 saturated carbocycles. The summed E-state index contributed by atoms with van der Waals surface area (Å²) in [6, 6.07) is 23.5. The summed E-state index contributed by atoms with van der Waals surface area (Å²) in [5, 5.41) is 0. The molecule has 0 bridgehead atoms. The zero-order chi connectivity index (χ0) is 19.0. The molecule has 0 amide bonds. The SMILES string of the molecule is Cc1ccccc1-c1ncc(-c2c(C)cc(-c3ccccc3)cc2C)n1C. The van der Waals surface area contributed by atoms with Crippen molar-refractivity contribution in [2.75, 3.05) is 0 Å². The van der Waals surface area contributed by atoms with Crippen LogP contribution in [0.2, 0.25) is 0 Å². The normalized spacial score (nSPS) is 11.0. The third-order valence-corrected chi connectivity index (χ3v) is 5.27. The number of nitrogens with zero attached hydrogens (tertiary/aromatic N) is 2. The second-order valence-corrected chi connectivity index (χ2v) is 7.19. The molecule has 27 heavy (non-hydrogen) atoms. The molecule has 1 aromatic heterocycles. The van der Waals surface area contributed by atoms with Gasteiger partial charge in [0, 0.05) is 18.2 Å². The van der Waals surface area contributed by atoms with Gasteiger partial charge < -0.3 is 4.57 Å². The molecule has 0 radical (unpaired) electrons. The maximum atomic E-state index is 4.75. The summed E-state index contributed by atoms with van der Waals surface area (Å²) < 4.78 is 2.21. The Morgan fingerprint density at radius 2 is 1.33 bits per heavy atom. The number of aryl methyl sites for hydroxylation is 3. The van der Waals surface area contributed by atoms with Crippen molar-refractivity contribution in [2.24, 2.45) is 7.05 Å². The smallest absolute Gasteiger partial charge is 0.140 e. The van der Waals surface area contributed by atoms with Gasteiger partial charge >= 0.3 is 0 Å². The van der Waals surface area contributed by atoms with E-state index < -0.39 is 0 Å². The van der Waals surface area contributed by atoms with Crippen LogP contribution in [0, 0.1) is 20.8 Å². The van der Waals surface area contributed by atoms with Crippen molar-refractivity contribution in [2.45, 2.75) is 20.8 Å². The first-order valence-corrected chi connectivity index (χ1v) is 9.31. The minimum Gasteiger partial charge on any atom is -0.327 e. The van der Waals surface area contributed by atoms with Gasteiger partial charge in [-0.2, -0.15) is 0 Å². The van der Waals surface area contributed by atoms with Crippen molar-refractivity contribution < 1.29 is 0 Å². The fraction of sp³-hybridized carbons (Fsp3) is 0.160. The largest absolute Gasteiger partial charge is 0.327 e. The van der Waals surface area contributed by atoms with Gasteiger partial charge in [-0.25, -0.2) is 4.98 Å². The molecule has 0 spiro atoms. The molecule has 0 saturated heterocycles. The highest BCUT2D eigenvalue weighted by Gasteiger charge is 2.16. The zero-order valence-corrected chi connectivity index (χ0v) is 16.3. The van der Waals surface area contributed by atoms with E-state index in [4.69, 9.17) is 4.98 Å². The molecule has 0 aliphatic heterocycles. The topological polar surface area (TPSA) is 17.8 Å². The first kappa shape index (κ1) is 17.3. The van der Waals surface area contributed by atoms with E-state index in [0.29, 0.717) is 0 Å². The zero-order valence-electron chi connectivity index (χ0n) is 16.3. The number of hydrogen-bond acceptors (Lipinski definition) is 1. The molecule has 0 atom stereocenters. The Bertz CT molecular complexity index is 1080. The highest BCUT2D eigenvalue weighted by molar-refractivity contribution is 5.76. The Morgan fingerprint density at radius 3 is 2.00 bits per heavy atom. The van der Waals surface area contributed by atoms with Crippen LogP contribution in [0.15, 0.2) is 72.9 Å². The van der Waals surface area contributed by atoms with E-state index in [2.05, 4.69) is 99.1 Å². The van der Waals surface area contributed by atoms with Gasteiger partial charge in [0.2, 0.25) is 0 Å². The van der Waals surface area contributed by atoms with E-state index in [1.54, 1.807) is 0 Å². The molecule has 0 N–H and O–H groups in total. The second kappa shape index (κ2) is 6.88. The third-order valence-electron chi connectivity index (χ3n) is 5.27. The van der Waals surface area contributed by atoms with Crippen LogP contribution in [0.1, 0.15) is 16.7 Å². The first-order chi connectivity index (χ1) is 13.1. The lowest BCUT2D eigenvalue weighted by atomic mass is 9.94. The number of hydrogen-bond donors (Lipinski definition) is 0. The van der Waals surface area contributed by atoms with Crippen molar-refractivity contribution in [3.8, 4) is 33.8 Å². The molecule has 2 nitrogen and oxygen atoms in total. The summed E-state index contributed by atoms with van der Waals surface area (Å²) in [5.74, 6) is 1.01. The Hall–Kier alpha value is -3.13. The number of rotatable bonds is 3. The number of aromatic nitrogens is 2. The summed E-state index contributed by atoms with van der Waals surface area (Å²) in [7, 11) is 2.11. The van der Waals surface area contributed by atoms with Crippen LogP contribution in [0.4, 0.5) is 0 Å². The highest BCUT2D eigenvalue weighted by Crippen LogP contribution is 2.34. The Balaban J connectivity index is 1.82. The van der Waals surface area contributed by atoms with Crippen LogP contribution in [0.3, 0.4) is 0 Å². The van der Waals surface area contributed by atoms with Gasteiger partial charge in [0.1, 0.15) is 5.82 Å². The van der Waals surface area contributed by atoms with Crippen molar-refractivity contribution in [3.63, 3.8) is 0 Å². The van der Waals surface area contributed by atoms with Gasteiger partial charge in [-0.1, -0.05) is 66.7 Å². The van der Waals surface area contributed by atoms with Gasteiger partial charge in [0.15, 0.2) is 0 Å². The molecule has 4 rings (SSSR count). The highest BCUT2D eigenvalue weighted by atomic mass is 15.1. The molecular formula is C25H24N2. The third kappa shape index (κ3) is 3.08. The first-order valence-electron chi connectivity index (χ1n) is 9.31. The van der Waals surface area contributed by atoms with E-state index >= 15 is 0 Å². The molecule has 0 unspecified atom stereocenters. The lowest BCUT2D eigenvalue weighted by Crippen LogP contribution is -1.99. The lowest BCUT2D eigenvalue weighted by molar-refractivity contribution is 0.929.